The monoisotopic (exact) mass is 838 g/mol. The molecule has 0 saturated carbocycles. The Morgan fingerprint density at radius 3 is 2.43 bits per heavy atom. The molecule has 0 aromatic carbocycles. The highest BCUT2D eigenvalue weighted by atomic mass is 32.7. The Hall–Kier alpha value is -3.42. The van der Waals surface area contributed by atoms with E-state index < -0.39 is 99.7 Å². The van der Waals surface area contributed by atoms with E-state index >= 15 is 4.39 Å². The van der Waals surface area contributed by atoms with Crippen molar-refractivity contribution in [1.29, 1.82) is 0 Å². The number of nitrogens with one attached hydrogen (secondary N) is 1. The highest BCUT2D eigenvalue weighted by Gasteiger charge is 2.55. The van der Waals surface area contributed by atoms with Crippen LogP contribution in [0.25, 0.3) is 22.3 Å². The lowest BCUT2D eigenvalue weighted by Crippen LogP contribution is -2.35. The SMILES string of the molecule is CSP1(=O)OCC2O[C@@H](n3cnc4c(=O)[nH]c(N)nc43)C(OP(=O)(SCOC(=O)OC(C)C)OCC3OC(n4cnc5c(N)ncnc54)C(F)C3O1)C2O. The van der Waals surface area contributed by atoms with Gasteiger partial charge >= 0.3 is 19.8 Å². The molecule has 3 saturated heterocycles. The van der Waals surface area contributed by atoms with Gasteiger partial charge in [0.05, 0.1) is 32.0 Å². The molecule has 0 spiro atoms. The molecule has 0 aliphatic carbocycles. The standard InChI is InChI=1S/C26H33FN10O13P2S2/c1-10(2)46-26(40)43-9-54-52(42)45-5-12-17(13(27)23(48-12)36-7-32-14-19(28)30-6-31-20(14)36)49-51(41,53-3)44-4-11-16(38)18(50-52)24(47-11)37-8-33-15-21(37)34-25(29)35-22(15)39/h6-8,10-13,16-18,23-24,38H,4-5,9H2,1-3H3,(H2,28,30,31)(H3,29,34,35,39)/t11?,12?,13?,16?,17?,18?,23?,24-,51?,52?/m1/s1. The van der Waals surface area contributed by atoms with Crippen LogP contribution in [0.15, 0.2) is 23.8 Å². The second kappa shape index (κ2) is 15.3. The van der Waals surface area contributed by atoms with Gasteiger partial charge in [-0.25, -0.2) is 38.3 Å². The first-order chi connectivity index (χ1) is 25.7. The van der Waals surface area contributed by atoms with Gasteiger partial charge in [-0.1, -0.05) is 0 Å². The van der Waals surface area contributed by atoms with E-state index in [4.69, 9.17) is 48.5 Å². The van der Waals surface area contributed by atoms with Crippen molar-refractivity contribution in [1.82, 2.24) is 39.0 Å². The zero-order chi connectivity index (χ0) is 38.5. The number of halogens is 1. The van der Waals surface area contributed by atoms with E-state index in [0.29, 0.717) is 22.8 Å². The Kier molecular flexibility index (Phi) is 11.0. The molecule has 23 nitrogen and oxygen atoms in total. The van der Waals surface area contributed by atoms with Crippen molar-refractivity contribution in [2.75, 3.05) is 36.9 Å². The molecule has 7 rings (SSSR count). The number of carbonyl (C=O) groups is 1. The Balaban J connectivity index is 1.25. The summed E-state index contributed by atoms with van der Waals surface area (Å²) in [6.07, 6.45) is -9.51. The normalized spacial score (nSPS) is 33.3. The van der Waals surface area contributed by atoms with E-state index in [-0.39, 0.29) is 34.1 Å². The van der Waals surface area contributed by atoms with Gasteiger partial charge in [0.25, 0.3) is 5.56 Å². The summed E-state index contributed by atoms with van der Waals surface area (Å²) < 4.78 is 93.1. The maximum Gasteiger partial charge on any atom is 0.509 e. The van der Waals surface area contributed by atoms with Crippen molar-refractivity contribution < 1.29 is 60.5 Å². The number of anilines is 2. The second-order valence-electron chi connectivity index (χ2n) is 12.0. The molecule has 10 atom stereocenters. The maximum absolute atomic E-state index is 16.5. The number of nitrogen functional groups attached to an aromatic ring is 2. The predicted octanol–water partition coefficient (Wildman–Crippen LogP) is 2.27. The quantitative estimate of drug-likeness (QED) is 0.118. The van der Waals surface area contributed by atoms with Gasteiger partial charge in [0.15, 0.2) is 47.2 Å². The zero-order valence-corrected chi connectivity index (χ0v) is 31.7. The van der Waals surface area contributed by atoms with E-state index in [2.05, 4.69) is 29.9 Å². The van der Waals surface area contributed by atoms with Gasteiger partial charge in [0, 0.05) is 11.4 Å². The predicted molar refractivity (Wildman–Crippen MR) is 187 cm³/mol. The van der Waals surface area contributed by atoms with Crippen molar-refractivity contribution >= 4 is 76.6 Å². The first kappa shape index (κ1) is 38.8. The highest BCUT2D eigenvalue weighted by Crippen LogP contribution is 2.65. The molecule has 3 fully saturated rings. The molecule has 0 amide bonds. The largest absolute Gasteiger partial charge is 0.509 e. The number of fused-ring (bicyclic) bond motifs is 5. The average molecular weight is 839 g/mol. The molecule has 0 radical (unpaired) electrons. The minimum atomic E-state index is -4.64. The lowest BCUT2D eigenvalue weighted by atomic mass is 10.1. The van der Waals surface area contributed by atoms with Gasteiger partial charge in [0.2, 0.25) is 5.95 Å². The summed E-state index contributed by atoms with van der Waals surface area (Å²) in [6, 6.07) is 0. The third-order valence-corrected chi connectivity index (χ3v) is 14.9. The molecule has 4 aromatic heterocycles. The van der Waals surface area contributed by atoms with E-state index in [1.165, 1.54) is 21.7 Å². The van der Waals surface area contributed by atoms with Gasteiger partial charge in [-0.15, -0.1) is 0 Å². The molecule has 3 aliphatic rings. The minimum Gasteiger partial charge on any atom is -0.432 e. The molecular weight excluding hydrogens is 805 g/mol. The van der Waals surface area contributed by atoms with Gasteiger partial charge in [-0.2, -0.15) is 4.98 Å². The highest BCUT2D eigenvalue weighted by molar-refractivity contribution is 8.55. The Bertz CT molecular complexity index is 2200. The van der Waals surface area contributed by atoms with E-state index in [0.717, 1.165) is 12.7 Å². The molecule has 6 N–H and O–H groups in total. The molecule has 28 heteroatoms. The smallest absolute Gasteiger partial charge is 0.432 e. The number of ether oxygens (including phenoxy) is 4. The number of nitrogens with two attached hydrogens (primary N) is 2. The number of imidazole rings is 2. The summed E-state index contributed by atoms with van der Waals surface area (Å²) in [6.45, 7) is -7.11. The average Bonchev–Trinajstić information content (AvgIpc) is 3.88. The number of aromatic nitrogens is 8. The number of aliphatic hydroxyl groups excluding tert-OH is 1. The van der Waals surface area contributed by atoms with Crippen molar-refractivity contribution in [2.45, 2.75) is 69.1 Å². The van der Waals surface area contributed by atoms with Crippen LogP contribution in [0.4, 0.5) is 21.0 Å². The van der Waals surface area contributed by atoms with Crippen LogP contribution in [0.5, 0.6) is 0 Å². The number of carbonyl (C=O) groups excluding carboxylic acids is 1. The lowest BCUT2D eigenvalue weighted by Gasteiger charge is -2.28. The van der Waals surface area contributed by atoms with Crippen molar-refractivity contribution in [3.63, 3.8) is 0 Å². The van der Waals surface area contributed by atoms with E-state index in [9.17, 15) is 23.8 Å². The first-order valence-corrected chi connectivity index (χ1v) is 22.4. The van der Waals surface area contributed by atoms with Crippen molar-refractivity contribution in [3.05, 3.63) is 29.3 Å². The third-order valence-electron chi connectivity index (χ3n) is 8.20. The molecule has 54 heavy (non-hydrogen) atoms. The van der Waals surface area contributed by atoms with Crippen LogP contribution in [0, 0.1) is 0 Å². The fourth-order valence-corrected chi connectivity index (χ4v) is 10.7. The molecule has 4 aromatic rings. The van der Waals surface area contributed by atoms with Crippen LogP contribution in [0.1, 0.15) is 26.3 Å². The number of H-pyrrole nitrogens is 1. The number of aliphatic hydroxyl groups is 1. The Morgan fingerprint density at radius 1 is 1.02 bits per heavy atom. The van der Waals surface area contributed by atoms with Crippen LogP contribution < -0.4 is 17.0 Å². The molecular formula is C26H33FN10O13P2S2. The molecule has 3 aliphatic heterocycles. The zero-order valence-electron chi connectivity index (χ0n) is 28.3. The van der Waals surface area contributed by atoms with Gasteiger partial charge < -0.3 is 35.5 Å². The summed E-state index contributed by atoms with van der Waals surface area (Å²) in [5.41, 5.74) is 11.0. The van der Waals surface area contributed by atoms with Crippen LogP contribution in [-0.2, 0) is 46.2 Å². The van der Waals surface area contributed by atoms with Crippen LogP contribution >= 0.6 is 36.4 Å². The topological polar surface area (TPSA) is 304 Å². The Labute approximate surface area is 310 Å². The van der Waals surface area contributed by atoms with Gasteiger partial charge in [-0.05, 0) is 31.5 Å². The van der Waals surface area contributed by atoms with Crippen LogP contribution in [-0.4, -0.2) is 119 Å². The van der Waals surface area contributed by atoms with Crippen molar-refractivity contribution in [2.24, 2.45) is 0 Å². The second-order valence-corrected chi connectivity index (χ2v) is 20.2. The summed E-state index contributed by atoms with van der Waals surface area (Å²) in [4.78, 5) is 47.4. The van der Waals surface area contributed by atoms with Crippen LogP contribution in [0.3, 0.4) is 0 Å². The minimum absolute atomic E-state index is 0.0243. The number of rotatable bonds is 7. The molecule has 9 unspecified atom stereocenters. The van der Waals surface area contributed by atoms with Crippen molar-refractivity contribution in [3.8, 4) is 0 Å². The van der Waals surface area contributed by atoms with Gasteiger partial charge in [0.1, 0.15) is 42.4 Å². The van der Waals surface area contributed by atoms with Gasteiger partial charge in [-0.3, -0.25) is 37.0 Å². The fourth-order valence-electron chi connectivity index (χ4n) is 5.77. The summed E-state index contributed by atoms with van der Waals surface area (Å²) in [7, 11) is 0. The number of hydrogen-bond acceptors (Lipinski definition) is 22. The maximum atomic E-state index is 16.5. The number of alkyl halides is 1. The third kappa shape index (κ3) is 7.56. The summed E-state index contributed by atoms with van der Waals surface area (Å²) in [5, 5.41) is 11.5. The lowest BCUT2D eigenvalue weighted by molar-refractivity contribution is -0.0569. The fraction of sp³-hybridized carbons (Fsp3) is 0.577. The molecule has 7 heterocycles. The van der Waals surface area contributed by atoms with E-state index in [1.54, 1.807) is 13.8 Å². The summed E-state index contributed by atoms with van der Waals surface area (Å²) >= 11 is 1.01. The number of hydrogen-bond donors (Lipinski definition) is 4. The first-order valence-electron chi connectivity index (χ1n) is 15.9. The number of nitrogens with zero attached hydrogens (tertiary/aromatic N) is 7. The van der Waals surface area contributed by atoms with E-state index in [1.807, 2.05) is 0 Å². The van der Waals surface area contributed by atoms with Crippen LogP contribution in [0.2, 0.25) is 0 Å². The summed E-state index contributed by atoms with van der Waals surface area (Å²) in [5.74, 6) is -0.888. The Morgan fingerprint density at radius 2 is 1.69 bits per heavy atom. The molecule has 2 bridgehead atoms. The number of aromatic amines is 1. The molecule has 294 valence electrons.